The van der Waals surface area contributed by atoms with Crippen LogP contribution in [0.3, 0.4) is 0 Å². The Labute approximate surface area is 91.3 Å². The third kappa shape index (κ3) is 2.01. The van der Waals surface area contributed by atoms with Gasteiger partial charge in [-0.1, -0.05) is 5.92 Å². The first-order valence-corrected chi connectivity index (χ1v) is 4.53. The largest absolute Gasteiger partial charge is 0.373 e. The van der Waals surface area contributed by atoms with E-state index in [1.54, 1.807) is 6.07 Å². The smallest absolute Gasteiger partial charge is 0.177 e. The molecule has 0 bridgehead atoms. The first-order chi connectivity index (χ1) is 7.63. The number of nitrogens with zero attached hydrogens (tertiary/aromatic N) is 2. The molecule has 4 nitrogen and oxygen atoms in total. The first-order valence-electron chi connectivity index (χ1n) is 4.53. The molecule has 1 aromatic heterocycles. The van der Waals surface area contributed by atoms with E-state index in [1.807, 2.05) is 0 Å². The minimum atomic E-state index is -1.14. The number of hydrogen-bond acceptors (Lipinski definition) is 4. The number of pyridine rings is 1. The zero-order valence-corrected chi connectivity index (χ0v) is 8.20. The summed E-state index contributed by atoms with van der Waals surface area (Å²) < 4.78 is 17.7. The van der Waals surface area contributed by atoms with E-state index in [1.165, 1.54) is 6.07 Å². The van der Waals surface area contributed by atoms with Gasteiger partial charge in [0.15, 0.2) is 17.1 Å². The standard InChI is InChI=1S/C11H7FN2O2/c12-9-2-1-8(14-10(9)5-13)3-4-11(15)6-16-7-11/h1-2,15H,6-7H2. The lowest BCUT2D eigenvalue weighted by atomic mass is 10.0. The summed E-state index contributed by atoms with van der Waals surface area (Å²) in [5.74, 6) is 4.47. The minimum Gasteiger partial charge on any atom is -0.373 e. The Morgan fingerprint density at radius 1 is 1.50 bits per heavy atom. The topological polar surface area (TPSA) is 66.1 Å². The van der Waals surface area contributed by atoms with Gasteiger partial charge in [-0.2, -0.15) is 5.26 Å². The van der Waals surface area contributed by atoms with Crippen LogP contribution in [0.1, 0.15) is 11.4 Å². The second-order valence-corrected chi connectivity index (χ2v) is 3.41. The molecule has 1 aromatic rings. The third-order valence-electron chi connectivity index (χ3n) is 2.06. The molecule has 0 amide bonds. The van der Waals surface area contributed by atoms with Gasteiger partial charge >= 0.3 is 0 Å². The van der Waals surface area contributed by atoms with Crippen LogP contribution in [0, 0.1) is 29.0 Å². The highest BCUT2D eigenvalue weighted by Crippen LogP contribution is 2.14. The third-order valence-corrected chi connectivity index (χ3v) is 2.06. The van der Waals surface area contributed by atoms with Gasteiger partial charge in [0.2, 0.25) is 0 Å². The average Bonchev–Trinajstić information content (AvgIpc) is 2.25. The molecule has 1 saturated heterocycles. The molecule has 1 fully saturated rings. The van der Waals surface area contributed by atoms with Gasteiger partial charge in [-0.05, 0) is 18.1 Å². The Hall–Kier alpha value is -1.95. The Morgan fingerprint density at radius 3 is 2.81 bits per heavy atom. The summed E-state index contributed by atoms with van der Waals surface area (Å²) in [5, 5.41) is 18.1. The van der Waals surface area contributed by atoms with Gasteiger partial charge in [0.25, 0.3) is 0 Å². The van der Waals surface area contributed by atoms with E-state index in [9.17, 15) is 9.50 Å². The number of hydrogen-bond donors (Lipinski definition) is 1. The summed E-state index contributed by atoms with van der Waals surface area (Å²) in [7, 11) is 0. The minimum absolute atomic E-state index is 0.159. The number of rotatable bonds is 0. The molecule has 1 N–H and O–H groups in total. The fraction of sp³-hybridized carbons (Fsp3) is 0.273. The number of aliphatic hydroxyl groups is 1. The van der Waals surface area contributed by atoms with Crippen molar-refractivity contribution in [1.29, 1.82) is 5.26 Å². The predicted molar refractivity (Wildman–Crippen MR) is 51.6 cm³/mol. The Bertz CT molecular complexity index is 521. The van der Waals surface area contributed by atoms with Crippen LogP contribution < -0.4 is 0 Å². The predicted octanol–water partition coefficient (Wildman–Crippen LogP) is 0.205. The van der Waals surface area contributed by atoms with Crippen LogP contribution in [0.4, 0.5) is 4.39 Å². The molecule has 0 aliphatic carbocycles. The van der Waals surface area contributed by atoms with Crippen LogP contribution in [-0.2, 0) is 4.74 Å². The van der Waals surface area contributed by atoms with E-state index in [4.69, 9.17) is 10.00 Å². The van der Waals surface area contributed by atoms with Crippen LogP contribution in [0.15, 0.2) is 12.1 Å². The molecule has 16 heavy (non-hydrogen) atoms. The summed E-state index contributed by atoms with van der Waals surface area (Å²) >= 11 is 0. The number of aromatic nitrogens is 1. The summed E-state index contributed by atoms with van der Waals surface area (Å²) in [6, 6.07) is 4.09. The summed E-state index contributed by atoms with van der Waals surface area (Å²) in [6.45, 7) is 0.318. The van der Waals surface area contributed by atoms with Crippen LogP contribution in [0.2, 0.25) is 0 Å². The lowest BCUT2D eigenvalue weighted by Crippen LogP contribution is -2.48. The van der Waals surface area contributed by atoms with Crippen LogP contribution in [0.5, 0.6) is 0 Å². The molecule has 5 heteroatoms. The zero-order valence-electron chi connectivity index (χ0n) is 8.20. The van der Waals surface area contributed by atoms with E-state index in [2.05, 4.69) is 16.8 Å². The normalized spacial score (nSPS) is 16.6. The van der Waals surface area contributed by atoms with Crippen molar-refractivity contribution in [3.8, 4) is 17.9 Å². The molecular weight excluding hydrogens is 211 g/mol. The van der Waals surface area contributed by atoms with Crippen LogP contribution >= 0.6 is 0 Å². The van der Waals surface area contributed by atoms with Gasteiger partial charge in [-0.15, -0.1) is 0 Å². The Kier molecular flexibility index (Phi) is 2.57. The number of ether oxygens (including phenoxy) is 1. The van der Waals surface area contributed by atoms with Crippen molar-refractivity contribution in [3.63, 3.8) is 0 Å². The van der Waals surface area contributed by atoms with Gasteiger partial charge in [0.1, 0.15) is 11.8 Å². The molecule has 2 heterocycles. The SMILES string of the molecule is N#Cc1nc(C#CC2(O)COC2)ccc1F. The Balaban J connectivity index is 2.25. The second-order valence-electron chi connectivity index (χ2n) is 3.41. The average molecular weight is 218 g/mol. The molecule has 0 saturated carbocycles. The van der Waals surface area contributed by atoms with Crippen molar-refractivity contribution in [2.75, 3.05) is 13.2 Å². The maximum Gasteiger partial charge on any atom is 0.177 e. The molecule has 1 aliphatic rings. The molecule has 0 atom stereocenters. The lowest BCUT2D eigenvalue weighted by molar-refractivity contribution is -0.140. The fourth-order valence-corrected chi connectivity index (χ4v) is 1.14. The van der Waals surface area contributed by atoms with Crippen molar-refractivity contribution in [2.45, 2.75) is 5.60 Å². The molecule has 0 spiro atoms. The summed E-state index contributed by atoms with van der Waals surface area (Å²) in [6.07, 6.45) is 0. The van der Waals surface area contributed by atoms with Gasteiger partial charge in [0, 0.05) is 0 Å². The van der Waals surface area contributed by atoms with E-state index >= 15 is 0 Å². The zero-order chi connectivity index (χ0) is 11.6. The van der Waals surface area contributed by atoms with Gasteiger partial charge in [-0.3, -0.25) is 0 Å². The van der Waals surface area contributed by atoms with Gasteiger partial charge < -0.3 is 9.84 Å². The molecule has 0 aromatic carbocycles. The molecule has 1 aliphatic heterocycles. The highest BCUT2D eigenvalue weighted by molar-refractivity contribution is 5.35. The van der Waals surface area contributed by atoms with Crippen molar-refractivity contribution in [3.05, 3.63) is 29.3 Å². The summed E-state index contributed by atoms with van der Waals surface area (Å²) in [4.78, 5) is 3.69. The Morgan fingerprint density at radius 2 is 2.25 bits per heavy atom. The maximum atomic E-state index is 12.9. The van der Waals surface area contributed by atoms with E-state index in [0.717, 1.165) is 6.07 Å². The van der Waals surface area contributed by atoms with Crippen molar-refractivity contribution < 1.29 is 14.2 Å². The molecule has 80 valence electrons. The highest BCUT2D eigenvalue weighted by Gasteiger charge is 2.33. The van der Waals surface area contributed by atoms with E-state index < -0.39 is 11.4 Å². The molecule has 0 radical (unpaired) electrons. The number of halogens is 1. The monoisotopic (exact) mass is 218 g/mol. The van der Waals surface area contributed by atoms with Gasteiger partial charge in [0.05, 0.1) is 13.2 Å². The highest BCUT2D eigenvalue weighted by atomic mass is 19.1. The first kappa shape index (κ1) is 10.6. The summed E-state index contributed by atoms with van der Waals surface area (Å²) in [5.41, 5.74) is -1.19. The van der Waals surface area contributed by atoms with E-state index in [-0.39, 0.29) is 24.6 Å². The molecule has 0 unspecified atom stereocenters. The van der Waals surface area contributed by atoms with E-state index in [0.29, 0.717) is 0 Å². The van der Waals surface area contributed by atoms with Crippen molar-refractivity contribution in [1.82, 2.24) is 4.98 Å². The quantitative estimate of drug-likeness (QED) is 0.632. The van der Waals surface area contributed by atoms with Crippen molar-refractivity contribution in [2.24, 2.45) is 0 Å². The van der Waals surface area contributed by atoms with Crippen LogP contribution in [-0.4, -0.2) is 28.9 Å². The lowest BCUT2D eigenvalue weighted by Gasteiger charge is -2.30. The van der Waals surface area contributed by atoms with Crippen molar-refractivity contribution >= 4 is 0 Å². The molecule has 2 rings (SSSR count). The van der Waals surface area contributed by atoms with Crippen LogP contribution in [0.25, 0.3) is 0 Å². The number of nitriles is 1. The maximum absolute atomic E-state index is 12.9. The second kappa shape index (κ2) is 3.90. The fourth-order valence-electron chi connectivity index (χ4n) is 1.14. The molecular formula is C11H7FN2O2. The van der Waals surface area contributed by atoms with Gasteiger partial charge in [-0.25, -0.2) is 9.37 Å².